The number of benzene rings is 1. The third kappa shape index (κ3) is 2.38. The number of nitrogens with zero attached hydrogens (tertiary/aromatic N) is 3. The van der Waals surface area contributed by atoms with Crippen LogP contribution >= 0.6 is 27.5 Å². The molecule has 0 saturated heterocycles. The van der Waals surface area contributed by atoms with Gasteiger partial charge in [-0.25, -0.2) is 0 Å². The number of rotatable bonds is 2. The molecule has 0 aliphatic rings. The summed E-state index contributed by atoms with van der Waals surface area (Å²) in [6, 6.07) is 6.08. The molecule has 2 aromatic rings. The van der Waals surface area contributed by atoms with Crippen molar-refractivity contribution in [2.45, 2.75) is 26.7 Å². The van der Waals surface area contributed by atoms with Gasteiger partial charge in [-0.2, -0.15) is 0 Å². The predicted octanol–water partition coefficient (Wildman–Crippen LogP) is 4.12. The van der Waals surface area contributed by atoms with E-state index in [9.17, 15) is 0 Å². The van der Waals surface area contributed by atoms with Gasteiger partial charge in [0.15, 0.2) is 0 Å². The lowest BCUT2D eigenvalue weighted by molar-refractivity contribution is 0.745. The first-order valence-corrected chi connectivity index (χ1v) is 6.55. The summed E-state index contributed by atoms with van der Waals surface area (Å²) in [6.07, 6.45) is 0. The summed E-state index contributed by atoms with van der Waals surface area (Å²) in [6.45, 7) is 6.19. The van der Waals surface area contributed by atoms with Gasteiger partial charge in [0.2, 0.25) is 5.28 Å². The number of halogens is 2. The van der Waals surface area contributed by atoms with Gasteiger partial charge in [-0.3, -0.25) is 4.57 Å². The molecule has 5 heteroatoms. The highest BCUT2D eigenvalue weighted by molar-refractivity contribution is 9.10. The second-order valence-corrected chi connectivity index (χ2v) is 5.44. The van der Waals surface area contributed by atoms with E-state index in [-0.39, 0.29) is 5.92 Å². The van der Waals surface area contributed by atoms with Gasteiger partial charge < -0.3 is 0 Å². The molecule has 0 atom stereocenters. The van der Waals surface area contributed by atoms with Gasteiger partial charge in [0, 0.05) is 10.4 Å². The zero-order valence-corrected chi connectivity index (χ0v) is 12.2. The normalized spacial score (nSPS) is 11.2. The van der Waals surface area contributed by atoms with Crippen molar-refractivity contribution in [3.05, 3.63) is 39.3 Å². The van der Waals surface area contributed by atoms with Crippen molar-refractivity contribution in [1.29, 1.82) is 0 Å². The molecule has 3 nitrogen and oxygen atoms in total. The second kappa shape index (κ2) is 4.78. The SMILES string of the molecule is Cc1ccc(-n2c(Cl)nnc2C(C)C)cc1Br. The zero-order valence-electron chi connectivity index (χ0n) is 9.91. The molecule has 0 aliphatic heterocycles. The highest BCUT2D eigenvalue weighted by atomic mass is 79.9. The predicted molar refractivity (Wildman–Crippen MR) is 72.9 cm³/mol. The van der Waals surface area contributed by atoms with Crippen LogP contribution in [0.5, 0.6) is 0 Å². The lowest BCUT2D eigenvalue weighted by Crippen LogP contribution is -2.03. The highest BCUT2D eigenvalue weighted by Gasteiger charge is 2.15. The van der Waals surface area contributed by atoms with Crippen molar-refractivity contribution in [3.63, 3.8) is 0 Å². The fraction of sp³-hybridized carbons (Fsp3) is 0.333. The van der Waals surface area contributed by atoms with E-state index in [2.05, 4.69) is 40.0 Å². The first kappa shape index (κ1) is 12.6. The van der Waals surface area contributed by atoms with E-state index in [4.69, 9.17) is 11.6 Å². The van der Waals surface area contributed by atoms with Crippen LogP contribution in [0.2, 0.25) is 5.28 Å². The van der Waals surface area contributed by atoms with E-state index in [1.807, 2.05) is 29.7 Å². The fourth-order valence-electron chi connectivity index (χ4n) is 1.61. The Morgan fingerprint density at radius 2 is 2.00 bits per heavy atom. The third-order valence-electron chi connectivity index (χ3n) is 2.58. The summed E-state index contributed by atoms with van der Waals surface area (Å²) in [7, 11) is 0. The largest absolute Gasteiger partial charge is 0.270 e. The molecule has 0 amide bonds. The molecular weight excluding hydrogens is 302 g/mol. The summed E-state index contributed by atoms with van der Waals surface area (Å²) < 4.78 is 2.92. The van der Waals surface area contributed by atoms with Crippen LogP contribution in [-0.4, -0.2) is 14.8 Å². The zero-order chi connectivity index (χ0) is 12.6. The van der Waals surface area contributed by atoms with Gasteiger partial charge in [-0.1, -0.05) is 35.8 Å². The topological polar surface area (TPSA) is 30.7 Å². The van der Waals surface area contributed by atoms with E-state index in [1.54, 1.807) is 0 Å². The summed E-state index contributed by atoms with van der Waals surface area (Å²) in [5.74, 6) is 1.14. The molecule has 1 aromatic carbocycles. The third-order valence-corrected chi connectivity index (χ3v) is 3.68. The molecule has 0 N–H and O–H groups in total. The van der Waals surface area contributed by atoms with Crippen LogP contribution in [0, 0.1) is 6.92 Å². The molecular formula is C12H13BrClN3. The Morgan fingerprint density at radius 3 is 2.59 bits per heavy atom. The number of hydrogen-bond acceptors (Lipinski definition) is 2. The van der Waals surface area contributed by atoms with Crippen molar-refractivity contribution < 1.29 is 0 Å². The van der Waals surface area contributed by atoms with Crippen LogP contribution in [0.3, 0.4) is 0 Å². The maximum absolute atomic E-state index is 6.09. The minimum Gasteiger partial charge on any atom is -0.270 e. The maximum atomic E-state index is 6.09. The first-order valence-electron chi connectivity index (χ1n) is 5.38. The van der Waals surface area contributed by atoms with Crippen LogP contribution in [0.15, 0.2) is 22.7 Å². The molecule has 1 heterocycles. The van der Waals surface area contributed by atoms with Gasteiger partial charge in [0.25, 0.3) is 0 Å². The van der Waals surface area contributed by atoms with Crippen molar-refractivity contribution in [2.75, 3.05) is 0 Å². The fourth-order valence-corrected chi connectivity index (χ4v) is 2.20. The minimum atomic E-state index is 0.273. The summed E-state index contributed by atoms with van der Waals surface area (Å²) in [4.78, 5) is 0. The van der Waals surface area contributed by atoms with E-state index < -0.39 is 0 Å². The van der Waals surface area contributed by atoms with E-state index >= 15 is 0 Å². The number of aryl methyl sites for hydroxylation is 1. The number of aromatic nitrogens is 3. The maximum Gasteiger partial charge on any atom is 0.229 e. The van der Waals surface area contributed by atoms with Crippen LogP contribution in [0.25, 0.3) is 5.69 Å². The van der Waals surface area contributed by atoms with Gasteiger partial charge in [0.1, 0.15) is 5.82 Å². The van der Waals surface area contributed by atoms with Gasteiger partial charge in [-0.15, -0.1) is 10.2 Å². The Balaban J connectivity index is 2.59. The molecule has 0 unspecified atom stereocenters. The molecule has 1 aromatic heterocycles. The van der Waals surface area contributed by atoms with Crippen LogP contribution in [0.4, 0.5) is 0 Å². The molecule has 0 saturated carbocycles. The molecule has 0 radical (unpaired) electrons. The quantitative estimate of drug-likeness (QED) is 0.835. The Morgan fingerprint density at radius 1 is 1.29 bits per heavy atom. The Bertz CT molecular complexity index is 549. The summed E-state index contributed by atoms with van der Waals surface area (Å²) in [5.41, 5.74) is 2.16. The van der Waals surface area contributed by atoms with Crippen molar-refractivity contribution >= 4 is 27.5 Å². The van der Waals surface area contributed by atoms with Crippen molar-refractivity contribution in [1.82, 2.24) is 14.8 Å². The molecule has 0 spiro atoms. The first-order chi connectivity index (χ1) is 8.00. The average Bonchev–Trinajstić information content (AvgIpc) is 2.64. The van der Waals surface area contributed by atoms with E-state index in [1.165, 1.54) is 5.56 Å². The van der Waals surface area contributed by atoms with Crippen molar-refractivity contribution in [3.8, 4) is 5.69 Å². The van der Waals surface area contributed by atoms with E-state index in [0.717, 1.165) is 16.0 Å². The molecule has 2 rings (SSSR count). The lowest BCUT2D eigenvalue weighted by atomic mass is 10.2. The Hall–Kier alpha value is -0.870. The Labute approximate surface area is 114 Å². The van der Waals surface area contributed by atoms with Crippen LogP contribution in [0.1, 0.15) is 31.2 Å². The summed E-state index contributed by atoms with van der Waals surface area (Å²) >= 11 is 9.61. The van der Waals surface area contributed by atoms with Gasteiger partial charge in [0.05, 0.1) is 5.69 Å². The molecule has 0 bridgehead atoms. The molecule has 90 valence electrons. The molecule has 17 heavy (non-hydrogen) atoms. The Kier molecular flexibility index (Phi) is 3.54. The molecule has 0 fully saturated rings. The second-order valence-electron chi connectivity index (χ2n) is 4.25. The molecule has 0 aliphatic carbocycles. The van der Waals surface area contributed by atoms with Crippen molar-refractivity contribution in [2.24, 2.45) is 0 Å². The minimum absolute atomic E-state index is 0.273. The average molecular weight is 315 g/mol. The smallest absolute Gasteiger partial charge is 0.229 e. The monoisotopic (exact) mass is 313 g/mol. The lowest BCUT2D eigenvalue weighted by Gasteiger charge is -2.11. The number of hydrogen-bond donors (Lipinski definition) is 0. The van der Waals surface area contributed by atoms with Gasteiger partial charge in [-0.05, 0) is 36.2 Å². The standard InChI is InChI=1S/C12H13BrClN3/c1-7(2)11-15-16-12(14)17(11)9-5-4-8(3)10(13)6-9/h4-7H,1-3H3. The van der Waals surface area contributed by atoms with Crippen LogP contribution in [-0.2, 0) is 0 Å². The highest BCUT2D eigenvalue weighted by Crippen LogP contribution is 2.25. The van der Waals surface area contributed by atoms with Crippen LogP contribution < -0.4 is 0 Å². The van der Waals surface area contributed by atoms with Gasteiger partial charge >= 0.3 is 0 Å². The summed E-state index contributed by atoms with van der Waals surface area (Å²) in [5, 5.41) is 8.43. The van der Waals surface area contributed by atoms with E-state index in [0.29, 0.717) is 5.28 Å².